The zero-order chi connectivity index (χ0) is 29.9. The second-order valence-electron chi connectivity index (χ2n) is 10.2. The number of benzene rings is 6. The Morgan fingerprint density at radius 2 is 0.636 bits per heavy atom. The molecule has 0 radical (unpaired) electrons. The van der Waals surface area contributed by atoms with Crippen molar-refractivity contribution >= 4 is 70.2 Å². The molecular weight excluding hydrogens is 581 g/mol. The van der Waals surface area contributed by atoms with Crippen LogP contribution in [0.4, 0.5) is 34.1 Å². The standard InChI is InChI=1S/2C19H13NOS/c2*21-13-14-9-11-15(12-10-14)20-16-5-1-3-7-18(16)22-19-8-4-2-6-17(19)20/h2*1-13H. The summed E-state index contributed by atoms with van der Waals surface area (Å²) in [5.74, 6) is 0. The van der Waals surface area contributed by atoms with Gasteiger partial charge in [0.25, 0.3) is 0 Å². The summed E-state index contributed by atoms with van der Waals surface area (Å²) in [5.41, 5.74) is 8.19. The lowest BCUT2D eigenvalue weighted by molar-refractivity contribution is 0.111. The molecule has 6 heteroatoms. The number of hydrogen-bond donors (Lipinski definition) is 0. The maximum atomic E-state index is 10.9. The number of carbonyl (C=O) groups is 2. The predicted molar refractivity (Wildman–Crippen MR) is 181 cm³/mol. The first-order valence-corrected chi connectivity index (χ1v) is 15.8. The van der Waals surface area contributed by atoms with E-state index < -0.39 is 0 Å². The van der Waals surface area contributed by atoms with Crippen molar-refractivity contribution in [2.24, 2.45) is 0 Å². The smallest absolute Gasteiger partial charge is 0.150 e. The molecule has 6 aromatic rings. The minimum absolute atomic E-state index is 0.691. The Morgan fingerprint density at radius 1 is 0.364 bits per heavy atom. The highest BCUT2D eigenvalue weighted by Crippen LogP contribution is 2.52. The van der Waals surface area contributed by atoms with Crippen molar-refractivity contribution < 1.29 is 9.59 Å². The van der Waals surface area contributed by atoms with E-state index in [1.807, 2.05) is 48.5 Å². The SMILES string of the molecule is O=Cc1ccc(N2c3ccccc3Sc3ccccc32)cc1.O=Cc1ccc(N2c3ccccc3Sc3ccccc32)cc1. The minimum atomic E-state index is 0.691. The van der Waals surface area contributed by atoms with Crippen LogP contribution in [0.1, 0.15) is 20.7 Å². The van der Waals surface area contributed by atoms with Crippen LogP contribution in [0.15, 0.2) is 165 Å². The lowest BCUT2D eigenvalue weighted by Gasteiger charge is -2.32. The largest absolute Gasteiger partial charge is 0.308 e. The molecule has 2 aliphatic heterocycles. The van der Waals surface area contributed by atoms with Crippen LogP contribution in [0.2, 0.25) is 0 Å². The Morgan fingerprint density at radius 3 is 0.909 bits per heavy atom. The highest BCUT2D eigenvalue weighted by atomic mass is 32.2. The molecule has 44 heavy (non-hydrogen) atoms. The molecule has 0 N–H and O–H groups in total. The number of nitrogens with zero attached hydrogens (tertiary/aromatic N) is 2. The van der Waals surface area contributed by atoms with Crippen LogP contribution in [0.5, 0.6) is 0 Å². The van der Waals surface area contributed by atoms with Crippen molar-refractivity contribution in [3.05, 3.63) is 157 Å². The highest BCUT2D eigenvalue weighted by molar-refractivity contribution is 8.00. The first-order chi connectivity index (χ1) is 21.7. The summed E-state index contributed by atoms with van der Waals surface area (Å²) in [7, 11) is 0. The topological polar surface area (TPSA) is 40.6 Å². The van der Waals surface area contributed by atoms with E-state index in [4.69, 9.17) is 0 Å². The number of carbonyl (C=O) groups excluding carboxylic acids is 2. The summed E-state index contributed by atoms with van der Waals surface area (Å²) >= 11 is 3.58. The number of fused-ring (bicyclic) bond motifs is 4. The third kappa shape index (κ3) is 5.30. The molecule has 2 aliphatic rings. The molecule has 8 rings (SSSR count). The molecule has 212 valence electrons. The van der Waals surface area contributed by atoms with E-state index in [9.17, 15) is 9.59 Å². The number of hydrogen-bond acceptors (Lipinski definition) is 6. The maximum absolute atomic E-state index is 10.9. The van der Waals surface area contributed by atoms with Gasteiger partial charge in [-0.2, -0.15) is 0 Å². The van der Waals surface area contributed by atoms with Crippen molar-refractivity contribution in [2.75, 3.05) is 9.80 Å². The third-order valence-electron chi connectivity index (χ3n) is 7.44. The molecule has 0 amide bonds. The number of anilines is 6. The van der Waals surface area contributed by atoms with Gasteiger partial charge in [0.15, 0.2) is 0 Å². The lowest BCUT2D eigenvalue weighted by Crippen LogP contribution is -2.14. The zero-order valence-electron chi connectivity index (χ0n) is 23.5. The van der Waals surface area contributed by atoms with Gasteiger partial charge in [0.2, 0.25) is 0 Å². The summed E-state index contributed by atoms with van der Waals surface area (Å²) in [6.07, 6.45) is 1.75. The van der Waals surface area contributed by atoms with Crippen molar-refractivity contribution in [3.63, 3.8) is 0 Å². The van der Waals surface area contributed by atoms with Crippen molar-refractivity contribution in [3.8, 4) is 0 Å². The molecule has 6 aromatic carbocycles. The molecule has 0 fully saturated rings. The normalized spacial score (nSPS) is 12.5. The van der Waals surface area contributed by atoms with Crippen molar-refractivity contribution in [2.45, 2.75) is 19.6 Å². The number of aldehydes is 2. The number of rotatable bonds is 4. The van der Waals surface area contributed by atoms with E-state index in [-0.39, 0.29) is 0 Å². The van der Waals surface area contributed by atoms with E-state index in [0.717, 1.165) is 23.9 Å². The fourth-order valence-corrected chi connectivity index (χ4v) is 7.49. The fourth-order valence-electron chi connectivity index (χ4n) is 5.37. The van der Waals surface area contributed by atoms with Crippen molar-refractivity contribution in [1.82, 2.24) is 0 Å². The van der Waals surface area contributed by atoms with Crippen LogP contribution in [-0.2, 0) is 0 Å². The third-order valence-corrected chi connectivity index (χ3v) is 9.70. The summed E-state index contributed by atoms with van der Waals surface area (Å²) < 4.78 is 0. The molecular formula is C38H26N2O2S2. The van der Waals surface area contributed by atoms with E-state index >= 15 is 0 Å². The lowest BCUT2D eigenvalue weighted by atomic mass is 10.1. The van der Waals surface area contributed by atoms with Gasteiger partial charge in [0, 0.05) is 42.1 Å². The molecule has 4 nitrogen and oxygen atoms in total. The molecule has 0 aliphatic carbocycles. The molecule has 2 heterocycles. The molecule has 0 atom stereocenters. The predicted octanol–water partition coefficient (Wildman–Crippen LogP) is 10.9. The van der Waals surface area contributed by atoms with Crippen LogP contribution in [0.3, 0.4) is 0 Å². The van der Waals surface area contributed by atoms with E-state index in [2.05, 4.69) is 107 Å². The second-order valence-corrected chi connectivity index (χ2v) is 12.3. The number of para-hydroxylation sites is 4. The Kier molecular flexibility index (Phi) is 7.76. The second kappa shape index (κ2) is 12.3. The zero-order valence-corrected chi connectivity index (χ0v) is 25.2. The minimum Gasteiger partial charge on any atom is -0.308 e. The van der Waals surface area contributed by atoms with E-state index in [1.165, 1.54) is 42.3 Å². The summed E-state index contributed by atoms with van der Waals surface area (Å²) in [6, 6.07) is 49.0. The van der Waals surface area contributed by atoms with Gasteiger partial charge >= 0.3 is 0 Å². The first kappa shape index (κ1) is 27.8. The van der Waals surface area contributed by atoms with E-state index in [0.29, 0.717) is 11.1 Å². The van der Waals surface area contributed by atoms with Crippen LogP contribution in [-0.4, -0.2) is 12.6 Å². The van der Waals surface area contributed by atoms with Gasteiger partial charge in [0.05, 0.1) is 22.7 Å². The molecule has 0 aromatic heterocycles. The Hall–Kier alpha value is -5.04. The fraction of sp³-hybridized carbons (Fsp3) is 0. The monoisotopic (exact) mass is 606 g/mol. The van der Waals surface area contributed by atoms with Crippen LogP contribution in [0.25, 0.3) is 0 Å². The van der Waals surface area contributed by atoms with Crippen LogP contribution >= 0.6 is 23.5 Å². The van der Waals surface area contributed by atoms with Gasteiger partial charge in [-0.1, -0.05) is 72.1 Å². The Labute approximate surface area is 265 Å². The molecule has 0 bridgehead atoms. The van der Waals surface area contributed by atoms with Gasteiger partial charge in [-0.15, -0.1) is 0 Å². The molecule has 0 spiro atoms. The highest BCUT2D eigenvalue weighted by Gasteiger charge is 2.25. The summed E-state index contributed by atoms with van der Waals surface area (Å²) in [6.45, 7) is 0. The average Bonchev–Trinajstić information content (AvgIpc) is 3.10. The molecule has 0 saturated heterocycles. The van der Waals surface area contributed by atoms with E-state index in [1.54, 1.807) is 23.5 Å². The Balaban J connectivity index is 0.000000142. The van der Waals surface area contributed by atoms with Gasteiger partial charge in [-0.3, -0.25) is 9.59 Å². The molecule has 0 unspecified atom stereocenters. The van der Waals surface area contributed by atoms with Crippen LogP contribution < -0.4 is 9.80 Å². The van der Waals surface area contributed by atoms with Gasteiger partial charge in [0.1, 0.15) is 12.6 Å². The molecule has 0 saturated carbocycles. The Bertz CT molecular complexity index is 1740. The van der Waals surface area contributed by atoms with Gasteiger partial charge in [-0.25, -0.2) is 0 Å². The summed E-state index contributed by atoms with van der Waals surface area (Å²) in [4.78, 5) is 31.2. The van der Waals surface area contributed by atoms with Crippen molar-refractivity contribution in [1.29, 1.82) is 0 Å². The maximum Gasteiger partial charge on any atom is 0.150 e. The first-order valence-electron chi connectivity index (χ1n) is 14.2. The van der Waals surface area contributed by atoms with Gasteiger partial charge < -0.3 is 9.80 Å². The van der Waals surface area contributed by atoms with Crippen LogP contribution in [0, 0.1) is 0 Å². The quantitative estimate of drug-likeness (QED) is 0.186. The van der Waals surface area contributed by atoms with Gasteiger partial charge in [-0.05, 0) is 97.1 Å². The summed E-state index contributed by atoms with van der Waals surface area (Å²) in [5, 5.41) is 0. The average molecular weight is 607 g/mol.